The Balaban J connectivity index is 1.57. The number of anilines is 2. The van der Waals surface area contributed by atoms with E-state index in [0.29, 0.717) is 22.9 Å². The van der Waals surface area contributed by atoms with Crippen LogP contribution in [0.25, 0.3) is 0 Å². The average Bonchev–Trinajstić information content (AvgIpc) is 3.13. The lowest BCUT2D eigenvalue weighted by Crippen LogP contribution is -2.59. The third-order valence-corrected chi connectivity index (χ3v) is 6.43. The molecule has 2 aliphatic rings. The first-order valence-electron chi connectivity index (χ1n) is 9.01. The number of nitrogens with one attached hydrogen (secondary N) is 3. The van der Waals surface area contributed by atoms with Gasteiger partial charge in [0.1, 0.15) is 0 Å². The molecular formula is C18H25ClN4O3S. The Morgan fingerprint density at radius 1 is 1.30 bits per heavy atom. The van der Waals surface area contributed by atoms with Gasteiger partial charge >= 0.3 is 6.03 Å². The molecule has 0 radical (unpaired) electrons. The van der Waals surface area contributed by atoms with Crippen molar-refractivity contribution >= 4 is 46.7 Å². The highest BCUT2D eigenvalue weighted by Gasteiger charge is 2.40. The maximum atomic E-state index is 12.4. The molecule has 148 valence electrons. The van der Waals surface area contributed by atoms with E-state index in [-0.39, 0.29) is 17.5 Å². The van der Waals surface area contributed by atoms with Gasteiger partial charge < -0.3 is 20.7 Å². The van der Waals surface area contributed by atoms with Crippen LogP contribution in [0.4, 0.5) is 16.2 Å². The Morgan fingerprint density at radius 2 is 2.07 bits per heavy atom. The van der Waals surface area contributed by atoms with Gasteiger partial charge in [-0.05, 0) is 30.4 Å². The quantitative estimate of drug-likeness (QED) is 0.692. The summed E-state index contributed by atoms with van der Waals surface area (Å²) in [6, 6.07) is 4.71. The van der Waals surface area contributed by atoms with E-state index in [4.69, 9.17) is 16.3 Å². The number of nitrogens with zero attached hydrogens (tertiary/aromatic N) is 1. The highest BCUT2D eigenvalue weighted by Crippen LogP contribution is 2.33. The van der Waals surface area contributed by atoms with Crippen molar-refractivity contribution in [2.75, 3.05) is 55.0 Å². The first-order chi connectivity index (χ1) is 13.0. The molecule has 1 aromatic rings. The predicted octanol–water partition coefficient (Wildman–Crippen LogP) is 2.63. The number of amides is 3. The van der Waals surface area contributed by atoms with Crippen molar-refractivity contribution < 1.29 is 14.3 Å². The highest BCUT2D eigenvalue weighted by atomic mass is 35.5. The number of hydrogen-bond donors (Lipinski definition) is 3. The number of ether oxygens (including phenoxy) is 1. The molecule has 3 amide bonds. The fraction of sp³-hybridized carbons (Fsp3) is 0.556. The Bertz CT molecular complexity index is 691. The fourth-order valence-corrected chi connectivity index (χ4v) is 5.15. The topological polar surface area (TPSA) is 82.7 Å². The van der Waals surface area contributed by atoms with Crippen LogP contribution in [-0.4, -0.2) is 66.7 Å². The molecule has 0 aliphatic carbocycles. The van der Waals surface area contributed by atoms with E-state index < -0.39 is 0 Å². The van der Waals surface area contributed by atoms with Gasteiger partial charge in [0, 0.05) is 43.5 Å². The summed E-state index contributed by atoms with van der Waals surface area (Å²) in [5.41, 5.74) is 1.09. The minimum Gasteiger partial charge on any atom is -0.379 e. The third kappa shape index (κ3) is 5.28. The Morgan fingerprint density at radius 3 is 2.70 bits per heavy atom. The van der Waals surface area contributed by atoms with Crippen LogP contribution in [0.1, 0.15) is 13.3 Å². The summed E-state index contributed by atoms with van der Waals surface area (Å²) >= 11 is 8.14. The monoisotopic (exact) mass is 412 g/mol. The number of rotatable bonds is 5. The third-order valence-electron chi connectivity index (χ3n) is 4.88. The summed E-state index contributed by atoms with van der Waals surface area (Å²) in [5, 5.41) is 8.83. The highest BCUT2D eigenvalue weighted by molar-refractivity contribution is 7.99. The van der Waals surface area contributed by atoms with E-state index in [1.807, 2.05) is 11.8 Å². The van der Waals surface area contributed by atoms with Crippen molar-refractivity contribution in [3.05, 3.63) is 23.2 Å². The molecule has 0 bridgehead atoms. The molecule has 3 N–H and O–H groups in total. The second kappa shape index (κ2) is 9.14. The summed E-state index contributed by atoms with van der Waals surface area (Å²) in [4.78, 5) is 26.0. The maximum absolute atomic E-state index is 12.4. The predicted molar refractivity (Wildman–Crippen MR) is 110 cm³/mol. The number of morpholine rings is 1. The normalized spacial score (nSPS) is 23.0. The Kier molecular flexibility index (Phi) is 6.86. The first-order valence-corrected chi connectivity index (χ1v) is 10.5. The van der Waals surface area contributed by atoms with Crippen LogP contribution in [0.5, 0.6) is 0 Å². The molecule has 2 fully saturated rings. The Hall–Kier alpha value is -1.48. The number of thioether (sulfide) groups is 1. The van der Waals surface area contributed by atoms with Gasteiger partial charge in [-0.1, -0.05) is 11.6 Å². The average molecular weight is 413 g/mol. The summed E-state index contributed by atoms with van der Waals surface area (Å²) in [6.45, 7) is 5.32. The SMILES string of the molecule is CC(=O)Nc1ccc(NC(=O)NCC2(N3CCOCC3)CCSC2)c(Cl)c1. The van der Waals surface area contributed by atoms with Gasteiger partial charge in [0.05, 0.1) is 23.9 Å². The summed E-state index contributed by atoms with van der Waals surface area (Å²) in [6.07, 6.45) is 1.06. The minimum absolute atomic E-state index is 0.00908. The van der Waals surface area contributed by atoms with Gasteiger partial charge in [-0.3, -0.25) is 9.69 Å². The van der Waals surface area contributed by atoms with Gasteiger partial charge in [-0.15, -0.1) is 0 Å². The summed E-state index contributed by atoms with van der Waals surface area (Å²) in [7, 11) is 0. The molecular weight excluding hydrogens is 388 g/mol. The molecule has 2 aliphatic heterocycles. The maximum Gasteiger partial charge on any atom is 0.319 e. The number of carbonyl (C=O) groups is 2. The zero-order valence-corrected chi connectivity index (χ0v) is 16.9. The van der Waals surface area contributed by atoms with Crippen molar-refractivity contribution in [1.82, 2.24) is 10.2 Å². The van der Waals surface area contributed by atoms with E-state index in [0.717, 1.165) is 44.2 Å². The van der Waals surface area contributed by atoms with Crippen LogP contribution >= 0.6 is 23.4 Å². The summed E-state index contributed by atoms with van der Waals surface area (Å²) in [5.74, 6) is 1.95. The Labute approximate surface area is 168 Å². The van der Waals surface area contributed by atoms with E-state index in [2.05, 4.69) is 20.9 Å². The van der Waals surface area contributed by atoms with Gasteiger partial charge in [0.15, 0.2) is 0 Å². The molecule has 1 unspecified atom stereocenters. The van der Waals surface area contributed by atoms with Crippen molar-refractivity contribution in [1.29, 1.82) is 0 Å². The second-order valence-corrected chi connectivity index (χ2v) is 8.32. The summed E-state index contributed by atoms with van der Waals surface area (Å²) < 4.78 is 5.47. The van der Waals surface area contributed by atoms with Gasteiger partial charge in [-0.2, -0.15) is 11.8 Å². The molecule has 0 spiro atoms. The molecule has 0 saturated carbocycles. The number of benzene rings is 1. The first kappa shape index (κ1) is 20.3. The minimum atomic E-state index is -0.284. The van der Waals surface area contributed by atoms with Crippen LogP contribution in [0.15, 0.2) is 18.2 Å². The van der Waals surface area contributed by atoms with Crippen molar-refractivity contribution in [3.63, 3.8) is 0 Å². The largest absolute Gasteiger partial charge is 0.379 e. The standard InChI is InChI=1S/C18H25ClN4O3S/c1-13(24)21-14-2-3-16(15(19)10-14)22-17(25)20-11-18(4-9-27-12-18)23-5-7-26-8-6-23/h2-3,10H,4-9,11-12H2,1H3,(H,21,24)(H2,20,22,25). The van der Waals surface area contributed by atoms with Crippen LogP contribution in [0.2, 0.25) is 5.02 Å². The molecule has 27 heavy (non-hydrogen) atoms. The van der Waals surface area contributed by atoms with Crippen molar-refractivity contribution in [2.45, 2.75) is 18.9 Å². The zero-order valence-electron chi connectivity index (χ0n) is 15.3. The molecule has 9 heteroatoms. The van der Waals surface area contributed by atoms with Crippen LogP contribution in [0, 0.1) is 0 Å². The lowest BCUT2D eigenvalue weighted by atomic mass is 9.95. The molecule has 0 aromatic heterocycles. The number of hydrogen-bond acceptors (Lipinski definition) is 5. The van der Waals surface area contributed by atoms with E-state index in [1.165, 1.54) is 6.92 Å². The lowest BCUT2D eigenvalue weighted by Gasteiger charge is -2.43. The fourth-order valence-electron chi connectivity index (χ4n) is 3.44. The second-order valence-electron chi connectivity index (χ2n) is 6.81. The molecule has 1 atom stereocenters. The van der Waals surface area contributed by atoms with E-state index in [1.54, 1.807) is 18.2 Å². The van der Waals surface area contributed by atoms with Crippen LogP contribution in [0.3, 0.4) is 0 Å². The van der Waals surface area contributed by atoms with Gasteiger partial charge in [0.2, 0.25) is 5.91 Å². The van der Waals surface area contributed by atoms with E-state index >= 15 is 0 Å². The van der Waals surface area contributed by atoms with Crippen molar-refractivity contribution in [3.8, 4) is 0 Å². The smallest absolute Gasteiger partial charge is 0.319 e. The molecule has 1 aromatic carbocycles. The molecule has 7 nitrogen and oxygen atoms in total. The van der Waals surface area contributed by atoms with Gasteiger partial charge in [0.25, 0.3) is 0 Å². The van der Waals surface area contributed by atoms with Gasteiger partial charge in [-0.25, -0.2) is 4.79 Å². The molecule has 3 rings (SSSR count). The molecule has 2 heterocycles. The number of urea groups is 1. The van der Waals surface area contributed by atoms with Crippen LogP contribution in [-0.2, 0) is 9.53 Å². The van der Waals surface area contributed by atoms with Crippen LogP contribution < -0.4 is 16.0 Å². The van der Waals surface area contributed by atoms with Crippen molar-refractivity contribution in [2.24, 2.45) is 0 Å². The molecule has 2 saturated heterocycles. The number of carbonyl (C=O) groups excluding carboxylic acids is 2. The van der Waals surface area contributed by atoms with E-state index in [9.17, 15) is 9.59 Å². The number of halogens is 1. The lowest BCUT2D eigenvalue weighted by molar-refractivity contribution is -0.114. The zero-order chi connectivity index (χ0) is 19.3.